The fourth-order valence-corrected chi connectivity index (χ4v) is 7.85. The fourth-order valence-electron chi connectivity index (χ4n) is 7.85. The number of rotatable bonds is 7. The summed E-state index contributed by atoms with van der Waals surface area (Å²) in [5.74, 6) is -2.25. The molecule has 4 aliphatic rings. The van der Waals surface area contributed by atoms with Crippen LogP contribution in [-0.4, -0.2) is 78.3 Å². The van der Waals surface area contributed by atoms with Crippen molar-refractivity contribution in [3.05, 3.63) is 56.5 Å². The van der Waals surface area contributed by atoms with Crippen molar-refractivity contribution in [2.45, 2.75) is 50.7 Å². The maximum atomic E-state index is 14.2. The molecule has 0 saturated heterocycles. The van der Waals surface area contributed by atoms with Crippen LogP contribution in [0.4, 0.5) is 11.4 Å². The molecule has 1 fully saturated rings. The van der Waals surface area contributed by atoms with Crippen LogP contribution in [0, 0.1) is 21.4 Å². The van der Waals surface area contributed by atoms with Crippen LogP contribution in [0.3, 0.4) is 0 Å². The second-order valence-corrected chi connectivity index (χ2v) is 12.4. The van der Waals surface area contributed by atoms with Crippen molar-refractivity contribution in [1.29, 1.82) is 0 Å². The summed E-state index contributed by atoms with van der Waals surface area (Å²) >= 11 is 0. The van der Waals surface area contributed by atoms with Crippen molar-refractivity contribution in [3.63, 3.8) is 0 Å². The smallest absolute Gasteiger partial charge is 0.342 e. The van der Waals surface area contributed by atoms with Crippen LogP contribution in [0.25, 0.3) is 11.0 Å². The number of likely N-dealkylation sites (N-methyl/N-ethyl adjacent to an activating group) is 1. The van der Waals surface area contributed by atoms with Crippen LogP contribution in [0.5, 0.6) is 0 Å². The highest BCUT2D eigenvalue weighted by molar-refractivity contribution is 6.14. The number of hydrogen-bond acceptors (Lipinski definition) is 14. The number of anilines is 1. The summed E-state index contributed by atoms with van der Waals surface area (Å²) in [6, 6.07) is 2.67. The van der Waals surface area contributed by atoms with E-state index in [1.165, 1.54) is 30.4 Å². The van der Waals surface area contributed by atoms with Gasteiger partial charge in [-0.2, -0.15) is 0 Å². The maximum absolute atomic E-state index is 14.2. The van der Waals surface area contributed by atoms with Gasteiger partial charge in [0.1, 0.15) is 36.4 Å². The van der Waals surface area contributed by atoms with E-state index in [0.717, 1.165) is 0 Å². The number of fused-ring (bicyclic) bond motifs is 4. The Morgan fingerprint density at radius 1 is 1.20 bits per heavy atom. The van der Waals surface area contributed by atoms with E-state index in [1.54, 1.807) is 14.0 Å². The lowest BCUT2D eigenvalue weighted by atomic mass is 9.54. The number of methoxy groups -OCH3 is 1. The Bertz CT molecular complexity index is 1870. The van der Waals surface area contributed by atoms with Crippen LogP contribution in [0.2, 0.25) is 0 Å². The third-order valence-corrected chi connectivity index (χ3v) is 10.0. The van der Waals surface area contributed by atoms with E-state index >= 15 is 0 Å². The van der Waals surface area contributed by atoms with Crippen LogP contribution < -0.4 is 4.90 Å². The molecule has 5 atom stereocenters. The first-order valence-electron chi connectivity index (χ1n) is 14.4. The largest absolute Gasteiger partial charge is 0.460 e. The third-order valence-electron chi connectivity index (χ3n) is 10.0. The zero-order valence-corrected chi connectivity index (χ0v) is 24.8. The van der Waals surface area contributed by atoms with Crippen molar-refractivity contribution >= 4 is 45.9 Å². The van der Waals surface area contributed by atoms with E-state index in [4.69, 9.17) is 23.3 Å². The van der Waals surface area contributed by atoms with Gasteiger partial charge >= 0.3 is 17.6 Å². The molecular formula is C30H28N4O11. The van der Waals surface area contributed by atoms with E-state index in [1.807, 2.05) is 6.92 Å². The van der Waals surface area contributed by atoms with E-state index in [0.29, 0.717) is 28.8 Å². The number of esters is 2. The zero-order valence-electron chi connectivity index (χ0n) is 24.8. The summed E-state index contributed by atoms with van der Waals surface area (Å²) < 4.78 is 27.9. The topological polar surface area (TPSA) is 194 Å². The quantitative estimate of drug-likeness (QED) is 0.212. The van der Waals surface area contributed by atoms with Crippen molar-refractivity contribution in [2.75, 3.05) is 32.2 Å². The highest BCUT2D eigenvalue weighted by atomic mass is 16.6. The lowest BCUT2D eigenvalue weighted by molar-refractivity contribution is -0.383. The first kappa shape index (κ1) is 28.8. The third kappa shape index (κ3) is 3.85. The summed E-state index contributed by atoms with van der Waals surface area (Å²) in [5, 5.41) is 18.8. The molecule has 1 aliphatic heterocycles. The number of aromatic nitrogens is 2. The molecule has 0 spiro atoms. The average Bonchev–Trinajstić information content (AvgIpc) is 3.72. The van der Waals surface area contributed by atoms with Gasteiger partial charge in [-0.05, 0) is 35.3 Å². The summed E-state index contributed by atoms with van der Waals surface area (Å²) in [6.07, 6.45) is 0.132. The number of nitrogens with zero attached hydrogens (tertiary/aromatic N) is 4. The Morgan fingerprint density at radius 2 is 1.96 bits per heavy atom. The Morgan fingerprint density at radius 3 is 2.69 bits per heavy atom. The Hall–Kier alpha value is -4.92. The van der Waals surface area contributed by atoms with Gasteiger partial charge in [-0.1, -0.05) is 6.92 Å². The number of ketones is 2. The van der Waals surface area contributed by atoms with Gasteiger partial charge in [0.2, 0.25) is 11.3 Å². The number of hydrogen-bond donors (Lipinski definition) is 0. The minimum Gasteiger partial charge on any atom is -0.460 e. The molecule has 1 aromatic carbocycles. The number of carbonyl (C=O) groups excluding carboxylic acids is 4. The van der Waals surface area contributed by atoms with Gasteiger partial charge in [-0.15, -0.1) is 0 Å². The number of carbonyl (C=O) groups is 4. The lowest BCUT2D eigenvalue weighted by Crippen LogP contribution is -2.57. The van der Waals surface area contributed by atoms with E-state index in [-0.39, 0.29) is 59.8 Å². The van der Waals surface area contributed by atoms with Crippen LogP contribution in [0.1, 0.15) is 59.6 Å². The molecule has 15 heteroatoms. The molecule has 0 bridgehead atoms. The normalized spacial score (nSPS) is 28.4. The number of allylic oxidation sites excluding steroid dienone is 1. The van der Waals surface area contributed by atoms with Crippen molar-refractivity contribution in [1.82, 2.24) is 10.3 Å². The van der Waals surface area contributed by atoms with Gasteiger partial charge in [-0.25, -0.2) is 9.42 Å². The van der Waals surface area contributed by atoms with E-state index in [9.17, 15) is 29.3 Å². The number of furan rings is 1. The molecule has 45 heavy (non-hydrogen) atoms. The van der Waals surface area contributed by atoms with E-state index < -0.39 is 51.6 Å². The number of benzene rings is 1. The highest BCUT2D eigenvalue weighted by Crippen LogP contribution is 2.61. The molecule has 3 aromatic rings. The van der Waals surface area contributed by atoms with Gasteiger partial charge in [0.15, 0.2) is 11.3 Å². The van der Waals surface area contributed by atoms with Crippen LogP contribution in [-0.2, 0) is 29.2 Å². The SMILES string of the molecule is COC[C@H]1OC(=O)c2coc3c2[C@@]1(C)C1=C(C3=O)C2CCC(=O)[C@@]2(C)C[C@H]1OC(=O)CN(C)c1ccc([N+](=O)[O-])c2nonc12. The Labute approximate surface area is 254 Å². The predicted molar refractivity (Wildman–Crippen MR) is 151 cm³/mol. The number of ether oxygens (including phenoxy) is 3. The number of nitro groups is 1. The number of nitro benzene ring substituents is 1. The maximum Gasteiger partial charge on any atom is 0.342 e. The molecular weight excluding hydrogens is 592 g/mol. The molecule has 3 aliphatic carbocycles. The molecule has 2 aromatic heterocycles. The van der Waals surface area contributed by atoms with Crippen molar-refractivity contribution < 1.29 is 47.4 Å². The minimum atomic E-state index is -1.16. The first-order chi connectivity index (χ1) is 21.4. The molecule has 1 unspecified atom stereocenters. The summed E-state index contributed by atoms with van der Waals surface area (Å²) in [6.45, 7) is 3.28. The zero-order chi connectivity index (χ0) is 32.0. The molecule has 1 saturated carbocycles. The Kier molecular flexibility index (Phi) is 6.27. The van der Waals surface area contributed by atoms with Crippen LogP contribution in [0.15, 0.2) is 38.6 Å². The molecule has 7 rings (SSSR count). The molecule has 234 valence electrons. The summed E-state index contributed by atoms with van der Waals surface area (Å²) in [7, 11) is 3.04. The molecule has 0 N–H and O–H groups in total. The number of cyclic esters (lactones) is 1. The number of Topliss-reactive ketones (excluding diaryl/α,β-unsaturated/α-hetero) is 2. The first-order valence-corrected chi connectivity index (χ1v) is 14.4. The second kappa shape index (κ2) is 9.79. The lowest BCUT2D eigenvalue weighted by Gasteiger charge is -2.51. The summed E-state index contributed by atoms with van der Waals surface area (Å²) in [5.41, 5.74) is -0.790. The Balaban J connectivity index is 1.29. The highest BCUT2D eigenvalue weighted by Gasteiger charge is 2.64. The molecule has 0 amide bonds. The van der Waals surface area contributed by atoms with Crippen molar-refractivity contribution in [3.8, 4) is 0 Å². The average molecular weight is 621 g/mol. The van der Waals surface area contributed by atoms with Crippen molar-refractivity contribution in [2.24, 2.45) is 11.3 Å². The molecule has 3 heterocycles. The van der Waals surface area contributed by atoms with Gasteiger partial charge in [0, 0.05) is 55.5 Å². The van der Waals surface area contributed by atoms with Gasteiger partial charge < -0.3 is 23.5 Å². The standard InChI is InChI=1S/C30H28N4O11/c1-29-9-17(43-20(36)10-33(3)15-6-7-16(34(39)40)25-24(15)31-45-32-25)23-21(14(29)5-8-18(29)35)26(37)27-22-13(11-42-27)28(38)44-19(12-41-4)30(22,23)2/h6-7,11,14,17,19H,5,8-10,12H2,1-4H3/t14?,17-,19-,29+,30+/m1/s1. The monoisotopic (exact) mass is 620 g/mol. The van der Waals surface area contributed by atoms with Gasteiger partial charge in [-0.3, -0.25) is 24.5 Å². The number of non-ortho nitro benzene ring substituents is 1. The molecule has 15 nitrogen and oxygen atoms in total. The van der Waals surface area contributed by atoms with Gasteiger partial charge in [0.05, 0.1) is 22.6 Å². The van der Waals surface area contributed by atoms with Gasteiger partial charge in [0.25, 0.3) is 0 Å². The second-order valence-electron chi connectivity index (χ2n) is 12.4. The fraction of sp³-hybridized carbons (Fsp3) is 0.467. The molecule has 0 radical (unpaired) electrons. The van der Waals surface area contributed by atoms with E-state index in [2.05, 4.69) is 10.3 Å². The summed E-state index contributed by atoms with van der Waals surface area (Å²) in [4.78, 5) is 66.4. The predicted octanol–water partition coefficient (Wildman–Crippen LogP) is 3.10. The van der Waals surface area contributed by atoms with Crippen LogP contribution >= 0.6 is 0 Å². The minimum absolute atomic E-state index is 0.0105.